The fourth-order valence-corrected chi connectivity index (χ4v) is 3.48. The first kappa shape index (κ1) is 14.2. The van der Waals surface area contributed by atoms with Gasteiger partial charge in [0.2, 0.25) is 5.91 Å². The minimum atomic E-state index is -0.166. The van der Waals surface area contributed by atoms with Crippen LogP contribution in [0, 0.1) is 6.92 Å². The number of carbonyl (C=O) groups excluding carboxylic acids is 1. The summed E-state index contributed by atoms with van der Waals surface area (Å²) in [6.07, 6.45) is 1.40. The molecule has 1 fully saturated rings. The molecule has 112 valence electrons. The first-order valence-corrected chi connectivity index (χ1v) is 7.74. The van der Waals surface area contributed by atoms with Gasteiger partial charge in [-0.25, -0.2) is 4.98 Å². The molecule has 3 heterocycles. The molecular weight excluding hydrogens is 290 g/mol. The second-order valence-electron chi connectivity index (χ2n) is 5.26. The summed E-state index contributed by atoms with van der Waals surface area (Å²) in [6.45, 7) is 5.56. The Hall–Kier alpha value is -1.73. The van der Waals surface area contributed by atoms with Crippen LogP contribution in [0.4, 0.5) is 0 Å². The van der Waals surface area contributed by atoms with E-state index in [-0.39, 0.29) is 17.6 Å². The topological polar surface area (TPSA) is 64.4 Å². The van der Waals surface area contributed by atoms with Crippen molar-refractivity contribution >= 4 is 27.5 Å². The Morgan fingerprint density at radius 2 is 2.38 bits per heavy atom. The summed E-state index contributed by atoms with van der Waals surface area (Å²) >= 11 is 1.42. The zero-order valence-electron chi connectivity index (χ0n) is 12.0. The van der Waals surface area contributed by atoms with E-state index in [2.05, 4.69) is 4.98 Å². The predicted molar refractivity (Wildman–Crippen MR) is 80.6 cm³/mol. The van der Waals surface area contributed by atoms with Gasteiger partial charge in [0, 0.05) is 20.0 Å². The van der Waals surface area contributed by atoms with Crippen LogP contribution < -0.4 is 5.56 Å². The van der Waals surface area contributed by atoms with Crippen LogP contribution >= 0.6 is 11.3 Å². The molecule has 1 aliphatic heterocycles. The molecule has 1 atom stereocenters. The number of thiophene rings is 1. The summed E-state index contributed by atoms with van der Waals surface area (Å²) in [6, 6.07) is 0. The van der Waals surface area contributed by atoms with Gasteiger partial charge in [0.05, 0.1) is 31.1 Å². The van der Waals surface area contributed by atoms with Gasteiger partial charge in [-0.3, -0.25) is 14.2 Å². The summed E-state index contributed by atoms with van der Waals surface area (Å²) in [4.78, 5) is 30.0. The lowest BCUT2D eigenvalue weighted by atomic mass is 10.2. The summed E-state index contributed by atoms with van der Waals surface area (Å²) in [5.74, 6) is 0.0399. The van der Waals surface area contributed by atoms with Crippen molar-refractivity contribution in [2.24, 2.45) is 0 Å². The molecule has 0 radical (unpaired) electrons. The summed E-state index contributed by atoms with van der Waals surface area (Å²) in [7, 11) is 0. The Bertz CT molecular complexity index is 737. The molecule has 0 aromatic carbocycles. The molecule has 0 unspecified atom stereocenters. The van der Waals surface area contributed by atoms with Crippen molar-refractivity contribution in [2.75, 3.05) is 19.7 Å². The Kier molecular flexibility index (Phi) is 3.77. The van der Waals surface area contributed by atoms with Crippen LogP contribution in [-0.2, 0) is 16.1 Å². The van der Waals surface area contributed by atoms with Gasteiger partial charge in [0.15, 0.2) is 0 Å². The highest BCUT2D eigenvalue weighted by Crippen LogP contribution is 2.19. The molecule has 0 aliphatic carbocycles. The van der Waals surface area contributed by atoms with E-state index in [0.29, 0.717) is 30.9 Å². The van der Waals surface area contributed by atoms with Gasteiger partial charge in [-0.05, 0) is 17.9 Å². The number of amides is 1. The third kappa shape index (κ3) is 2.71. The van der Waals surface area contributed by atoms with E-state index in [0.717, 1.165) is 11.1 Å². The van der Waals surface area contributed by atoms with Crippen LogP contribution in [0.25, 0.3) is 10.2 Å². The maximum absolute atomic E-state index is 12.4. The zero-order valence-corrected chi connectivity index (χ0v) is 12.9. The standard InChI is InChI=1S/C14H17N3O3S/c1-9-7-21-13-12(9)15-8-17(14(13)19)6-11-5-16(10(2)18)3-4-20-11/h7-8,11H,3-6H2,1-2H3/t11-/m0/s1. The van der Waals surface area contributed by atoms with E-state index in [1.807, 2.05) is 12.3 Å². The summed E-state index contributed by atoms with van der Waals surface area (Å²) in [5.41, 5.74) is 1.76. The van der Waals surface area contributed by atoms with E-state index < -0.39 is 0 Å². The number of rotatable bonds is 2. The van der Waals surface area contributed by atoms with E-state index in [4.69, 9.17) is 4.74 Å². The molecule has 0 saturated carbocycles. The number of nitrogens with zero attached hydrogens (tertiary/aromatic N) is 3. The Morgan fingerprint density at radius 1 is 1.57 bits per heavy atom. The highest BCUT2D eigenvalue weighted by molar-refractivity contribution is 7.17. The molecule has 0 N–H and O–H groups in total. The van der Waals surface area contributed by atoms with E-state index >= 15 is 0 Å². The molecule has 1 amide bonds. The van der Waals surface area contributed by atoms with E-state index in [9.17, 15) is 9.59 Å². The minimum absolute atomic E-state index is 0.0399. The third-order valence-corrected chi connectivity index (χ3v) is 4.78. The maximum atomic E-state index is 12.4. The molecule has 6 nitrogen and oxygen atoms in total. The van der Waals surface area contributed by atoms with E-state index in [1.165, 1.54) is 11.3 Å². The van der Waals surface area contributed by atoms with Crippen molar-refractivity contribution in [1.29, 1.82) is 0 Å². The number of morpholine rings is 1. The van der Waals surface area contributed by atoms with Crippen molar-refractivity contribution in [3.8, 4) is 0 Å². The predicted octanol–water partition coefficient (Wildman–Crippen LogP) is 1.01. The zero-order chi connectivity index (χ0) is 15.0. The van der Waals surface area contributed by atoms with Crippen LogP contribution in [-0.4, -0.2) is 46.2 Å². The normalized spacial score (nSPS) is 19.1. The monoisotopic (exact) mass is 307 g/mol. The Balaban J connectivity index is 1.83. The Morgan fingerprint density at radius 3 is 3.14 bits per heavy atom. The first-order valence-electron chi connectivity index (χ1n) is 6.86. The van der Waals surface area contributed by atoms with Gasteiger partial charge in [-0.15, -0.1) is 11.3 Å². The van der Waals surface area contributed by atoms with E-state index in [1.54, 1.807) is 22.7 Å². The molecule has 21 heavy (non-hydrogen) atoms. The molecule has 1 aliphatic rings. The van der Waals surface area contributed by atoms with Crippen molar-refractivity contribution < 1.29 is 9.53 Å². The van der Waals surface area contributed by atoms with Crippen LogP contribution in [0.2, 0.25) is 0 Å². The van der Waals surface area contributed by atoms with Gasteiger partial charge in [-0.1, -0.05) is 0 Å². The maximum Gasteiger partial charge on any atom is 0.271 e. The average molecular weight is 307 g/mol. The number of ether oxygens (including phenoxy) is 1. The van der Waals surface area contributed by atoms with Gasteiger partial charge in [-0.2, -0.15) is 0 Å². The highest BCUT2D eigenvalue weighted by Gasteiger charge is 2.23. The molecule has 0 spiro atoms. The third-order valence-electron chi connectivity index (χ3n) is 3.71. The second kappa shape index (κ2) is 5.57. The molecule has 3 rings (SSSR count). The van der Waals surface area contributed by atoms with Gasteiger partial charge in [0.25, 0.3) is 5.56 Å². The number of fused-ring (bicyclic) bond motifs is 1. The number of hydrogen-bond acceptors (Lipinski definition) is 5. The molecule has 1 saturated heterocycles. The van der Waals surface area contributed by atoms with Crippen LogP contribution in [0.5, 0.6) is 0 Å². The quantitative estimate of drug-likeness (QED) is 0.831. The lowest BCUT2D eigenvalue weighted by Crippen LogP contribution is -2.47. The lowest BCUT2D eigenvalue weighted by molar-refractivity contribution is -0.136. The number of aryl methyl sites for hydroxylation is 1. The minimum Gasteiger partial charge on any atom is -0.373 e. The fraction of sp³-hybridized carbons (Fsp3) is 0.500. The van der Waals surface area contributed by atoms with Crippen LogP contribution in [0.3, 0.4) is 0 Å². The number of hydrogen-bond donors (Lipinski definition) is 0. The van der Waals surface area contributed by atoms with Crippen molar-refractivity contribution in [3.63, 3.8) is 0 Å². The van der Waals surface area contributed by atoms with Crippen LogP contribution in [0.15, 0.2) is 16.5 Å². The number of aromatic nitrogens is 2. The van der Waals surface area contributed by atoms with Gasteiger partial charge >= 0.3 is 0 Å². The van der Waals surface area contributed by atoms with Gasteiger partial charge < -0.3 is 9.64 Å². The molecular formula is C14H17N3O3S. The Labute approximate surface area is 126 Å². The first-order chi connectivity index (χ1) is 10.1. The molecule has 2 aromatic rings. The van der Waals surface area contributed by atoms with Gasteiger partial charge in [0.1, 0.15) is 4.70 Å². The fourth-order valence-electron chi connectivity index (χ4n) is 2.53. The molecule has 7 heteroatoms. The smallest absolute Gasteiger partial charge is 0.271 e. The highest BCUT2D eigenvalue weighted by atomic mass is 32.1. The largest absolute Gasteiger partial charge is 0.373 e. The lowest BCUT2D eigenvalue weighted by Gasteiger charge is -2.32. The number of carbonyl (C=O) groups is 1. The molecule has 0 bridgehead atoms. The SMILES string of the molecule is CC(=O)N1CCO[C@H](Cn2cnc3c(C)csc3c2=O)C1. The van der Waals surface area contributed by atoms with Crippen LogP contribution in [0.1, 0.15) is 12.5 Å². The second-order valence-corrected chi connectivity index (χ2v) is 6.14. The summed E-state index contributed by atoms with van der Waals surface area (Å²) < 4.78 is 7.91. The summed E-state index contributed by atoms with van der Waals surface area (Å²) in [5, 5.41) is 1.94. The average Bonchev–Trinajstić information content (AvgIpc) is 2.84. The van der Waals surface area contributed by atoms with Crippen molar-refractivity contribution in [3.05, 3.63) is 27.6 Å². The van der Waals surface area contributed by atoms with Crippen molar-refractivity contribution in [2.45, 2.75) is 26.5 Å². The van der Waals surface area contributed by atoms with Crippen molar-refractivity contribution in [1.82, 2.24) is 14.5 Å². The molecule has 2 aromatic heterocycles.